The van der Waals surface area contributed by atoms with Gasteiger partial charge in [-0.05, 0) is 71.5 Å². The predicted octanol–water partition coefficient (Wildman–Crippen LogP) is 9.60. The van der Waals surface area contributed by atoms with Crippen molar-refractivity contribution in [1.82, 2.24) is 24.9 Å². The van der Waals surface area contributed by atoms with Gasteiger partial charge in [0, 0.05) is 76.9 Å². The molecule has 0 saturated heterocycles. The summed E-state index contributed by atoms with van der Waals surface area (Å²) in [6, 6.07) is 32.6. The Morgan fingerprint density at radius 1 is 0.521 bits per heavy atom. The van der Waals surface area contributed by atoms with Crippen LogP contribution in [-0.4, -0.2) is 31.1 Å². The van der Waals surface area contributed by atoms with Crippen LogP contribution in [0.25, 0.3) is 43.6 Å². The lowest BCUT2D eigenvalue weighted by molar-refractivity contribution is 1.19. The van der Waals surface area contributed by atoms with Gasteiger partial charge in [0.15, 0.2) is 0 Å². The van der Waals surface area contributed by atoms with Crippen LogP contribution in [0.3, 0.4) is 0 Å². The summed E-state index contributed by atoms with van der Waals surface area (Å²) in [6.45, 7) is 4.10. The van der Waals surface area contributed by atoms with Gasteiger partial charge in [-0.1, -0.05) is 55.1 Å². The Bertz CT molecular complexity index is 2460. The highest BCUT2D eigenvalue weighted by Gasteiger charge is 2.24. The Kier molecular flexibility index (Phi) is 7.28. The minimum Gasteiger partial charge on any atom is -0.309 e. The molecule has 8 rings (SSSR count). The molecule has 0 aliphatic rings. The lowest BCUT2D eigenvalue weighted by Gasteiger charge is -2.30. The molecule has 4 aromatic carbocycles. The molecule has 0 radical (unpaired) electrons. The zero-order valence-corrected chi connectivity index (χ0v) is 25.8. The quantitative estimate of drug-likeness (QED) is 0.0782. The zero-order chi connectivity index (χ0) is 32.5. The number of hydrogen-bond donors (Lipinski definition) is 1. The van der Waals surface area contributed by atoms with E-state index in [1.165, 1.54) is 6.21 Å². The van der Waals surface area contributed by atoms with Crippen molar-refractivity contribution < 1.29 is 0 Å². The van der Waals surface area contributed by atoms with E-state index in [0.717, 1.165) is 61.0 Å². The molecule has 8 aromatic rings. The third kappa shape index (κ3) is 4.80. The molecule has 0 unspecified atom stereocenters. The van der Waals surface area contributed by atoms with Crippen LogP contribution >= 0.6 is 0 Å². The summed E-state index contributed by atoms with van der Waals surface area (Å²) in [4.78, 5) is 28.1. The van der Waals surface area contributed by atoms with E-state index in [9.17, 15) is 0 Å². The monoisotopic (exact) mass is 620 g/mol. The fraction of sp³-hybridized carbons (Fsp3) is 0. The molecule has 228 valence electrons. The number of nitrogens with zero attached hydrogens (tertiary/aromatic N) is 7. The number of allylic oxidation sites excluding steroid dienone is 2. The molecule has 0 fully saturated rings. The van der Waals surface area contributed by atoms with Gasteiger partial charge in [-0.3, -0.25) is 15.0 Å². The standard InChI is InChI=1S/C40H28N8/c1-2-27(13-20-41)47(28-14-21-42-22-15-28)35-11-12-36(48(29-16-23-43-24-17-29)30-18-25-44-26-19-30)40-39(35)45-37-33-9-5-3-7-31(33)32-8-4-6-10-34(32)38(37)46-40/h2-26,41H,1H2/b27-13+,41-20?. The van der Waals surface area contributed by atoms with Crippen LogP contribution in [0.15, 0.2) is 159 Å². The molecule has 0 saturated carbocycles. The first-order chi connectivity index (χ1) is 23.8. The van der Waals surface area contributed by atoms with E-state index in [1.54, 1.807) is 49.3 Å². The van der Waals surface area contributed by atoms with Crippen LogP contribution in [-0.2, 0) is 0 Å². The van der Waals surface area contributed by atoms with Crippen LogP contribution in [0, 0.1) is 5.41 Å². The molecule has 0 aliphatic heterocycles. The topological polar surface area (TPSA) is 94.8 Å². The second-order valence-electron chi connectivity index (χ2n) is 11.1. The van der Waals surface area contributed by atoms with E-state index in [4.69, 9.17) is 15.4 Å². The first-order valence-corrected chi connectivity index (χ1v) is 15.4. The lowest BCUT2D eigenvalue weighted by Crippen LogP contribution is -2.17. The second kappa shape index (κ2) is 12.2. The summed E-state index contributed by atoms with van der Waals surface area (Å²) in [6.07, 6.45) is 15.3. The number of fused-ring (bicyclic) bond motifs is 7. The average molecular weight is 621 g/mol. The fourth-order valence-electron chi connectivity index (χ4n) is 6.35. The van der Waals surface area contributed by atoms with E-state index in [0.29, 0.717) is 16.7 Å². The summed E-state index contributed by atoms with van der Waals surface area (Å²) in [5.41, 5.74) is 8.00. The molecule has 0 atom stereocenters. The van der Waals surface area contributed by atoms with E-state index < -0.39 is 0 Å². The van der Waals surface area contributed by atoms with Gasteiger partial charge in [0.05, 0.1) is 22.4 Å². The third-order valence-electron chi connectivity index (χ3n) is 8.40. The first-order valence-electron chi connectivity index (χ1n) is 15.4. The second-order valence-corrected chi connectivity index (χ2v) is 11.1. The van der Waals surface area contributed by atoms with Crippen LogP contribution in [0.4, 0.5) is 28.4 Å². The number of hydrogen-bond acceptors (Lipinski definition) is 8. The minimum absolute atomic E-state index is 0.683. The van der Waals surface area contributed by atoms with E-state index in [2.05, 4.69) is 75.0 Å². The van der Waals surface area contributed by atoms with Gasteiger partial charge in [0.25, 0.3) is 0 Å². The molecule has 4 aromatic heterocycles. The van der Waals surface area contributed by atoms with Gasteiger partial charge in [-0.2, -0.15) is 0 Å². The van der Waals surface area contributed by atoms with Gasteiger partial charge in [-0.25, -0.2) is 9.97 Å². The Morgan fingerprint density at radius 2 is 0.958 bits per heavy atom. The van der Waals surface area contributed by atoms with Gasteiger partial charge in [0.2, 0.25) is 0 Å². The third-order valence-corrected chi connectivity index (χ3v) is 8.40. The number of pyridine rings is 3. The van der Waals surface area contributed by atoms with Crippen molar-refractivity contribution >= 4 is 78.3 Å². The predicted molar refractivity (Wildman–Crippen MR) is 196 cm³/mol. The van der Waals surface area contributed by atoms with E-state index >= 15 is 0 Å². The molecule has 0 spiro atoms. The lowest BCUT2D eigenvalue weighted by atomic mass is 9.99. The molecular formula is C40H28N8. The number of benzene rings is 4. The molecular weight excluding hydrogens is 592 g/mol. The molecule has 8 nitrogen and oxygen atoms in total. The van der Waals surface area contributed by atoms with Crippen molar-refractivity contribution in [3.8, 4) is 0 Å². The highest BCUT2D eigenvalue weighted by molar-refractivity contribution is 6.24. The molecule has 48 heavy (non-hydrogen) atoms. The van der Waals surface area contributed by atoms with Crippen molar-refractivity contribution in [2.24, 2.45) is 0 Å². The Morgan fingerprint density at radius 3 is 1.44 bits per heavy atom. The van der Waals surface area contributed by atoms with Crippen molar-refractivity contribution in [3.63, 3.8) is 0 Å². The minimum atomic E-state index is 0.683. The van der Waals surface area contributed by atoms with Gasteiger partial charge < -0.3 is 15.2 Å². The average Bonchev–Trinajstić information content (AvgIpc) is 3.16. The summed E-state index contributed by atoms with van der Waals surface area (Å²) < 4.78 is 0. The largest absolute Gasteiger partial charge is 0.309 e. The summed E-state index contributed by atoms with van der Waals surface area (Å²) in [5.74, 6) is 0. The molecule has 4 heterocycles. The van der Waals surface area contributed by atoms with Crippen molar-refractivity contribution in [2.75, 3.05) is 9.80 Å². The maximum Gasteiger partial charge on any atom is 0.116 e. The van der Waals surface area contributed by atoms with Crippen LogP contribution in [0.5, 0.6) is 0 Å². The Balaban J connectivity index is 1.55. The van der Waals surface area contributed by atoms with Crippen LogP contribution in [0.1, 0.15) is 0 Å². The van der Waals surface area contributed by atoms with Gasteiger partial charge in [0.1, 0.15) is 11.0 Å². The van der Waals surface area contributed by atoms with Crippen LogP contribution < -0.4 is 9.80 Å². The van der Waals surface area contributed by atoms with E-state index in [-0.39, 0.29) is 0 Å². The highest BCUT2D eigenvalue weighted by atomic mass is 15.2. The molecule has 0 aliphatic carbocycles. The first kappa shape index (κ1) is 28.7. The number of anilines is 5. The number of nitrogens with one attached hydrogen (secondary N) is 1. The van der Waals surface area contributed by atoms with Gasteiger partial charge >= 0.3 is 0 Å². The smallest absolute Gasteiger partial charge is 0.116 e. The summed E-state index contributed by atoms with van der Waals surface area (Å²) in [7, 11) is 0. The fourth-order valence-corrected chi connectivity index (χ4v) is 6.35. The Labute approximate surface area is 276 Å². The Hall–Kier alpha value is -6.80. The highest BCUT2D eigenvalue weighted by Crippen LogP contribution is 2.44. The van der Waals surface area contributed by atoms with E-state index in [1.807, 2.05) is 53.4 Å². The normalized spacial score (nSPS) is 11.6. The SMILES string of the molecule is C=C/C(=C\C=N)N(c1ccncc1)c1ccc(N(c2ccncc2)c2ccncc2)c2nc3c4ccccc4c4ccccc4c3nc12. The maximum absolute atomic E-state index is 7.94. The summed E-state index contributed by atoms with van der Waals surface area (Å²) >= 11 is 0. The van der Waals surface area contributed by atoms with Crippen LogP contribution in [0.2, 0.25) is 0 Å². The number of rotatable bonds is 8. The van der Waals surface area contributed by atoms with Crippen molar-refractivity contribution in [2.45, 2.75) is 0 Å². The number of aromatic nitrogens is 5. The maximum atomic E-state index is 7.94. The molecule has 8 heteroatoms. The molecule has 0 amide bonds. The van der Waals surface area contributed by atoms with Crippen molar-refractivity contribution in [3.05, 3.63) is 159 Å². The summed E-state index contributed by atoms with van der Waals surface area (Å²) in [5, 5.41) is 12.2. The zero-order valence-electron chi connectivity index (χ0n) is 25.8. The molecule has 1 N–H and O–H groups in total. The van der Waals surface area contributed by atoms with Gasteiger partial charge in [-0.15, -0.1) is 0 Å². The van der Waals surface area contributed by atoms with Crippen molar-refractivity contribution in [1.29, 1.82) is 5.41 Å². The molecule has 0 bridgehead atoms.